The molecule has 0 aliphatic rings. The molecule has 0 spiro atoms. The molecule has 0 fully saturated rings. The maximum atomic E-state index is 3.54. The van der Waals surface area contributed by atoms with Crippen LogP contribution in [0.1, 0.15) is 28.3 Å². The first-order valence-electron chi connectivity index (χ1n) is 5.59. The highest BCUT2D eigenvalue weighted by Gasteiger charge is 2.04. The van der Waals surface area contributed by atoms with Crippen molar-refractivity contribution < 1.29 is 0 Å². The van der Waals surface area contributed by atoms with E-state index < -0.39 is 0 Å². The zero-order valence-corrected chi connectivity index (χ0v) is 10.6. The fraction of sp³-hybridized carbons (Fsp3) is 0.286. The summed E-state index contributed by atoms with van der Waals surface area (Å²) in [4.78, 5) is 2.78. The zero-order chi connectivity index (χ0) is 11.4. The van der Waals surface area contributed by atoms with Crippen molar-refractivity contribution in [3.05, 3.63) is 57.8 Å². The highest BCUT2D eigenvalue weighted by Crippen LogP contribution is 2.17. The molecule has 0 aliphatic carbocycles. The summed E-state index contributed by atoms with van der Waals surface area (Å²) in [6.07, 6.45) is 0. The first-order valence-corrected chi connectivity index (χ1v) is 6.41. The minimum atomic E-state index is 0.406. The molecule has 0 saturated heterocycles. The van der Waals surface area contributed by atoms with E-state index >= 15 is 0 Å². The highest BCUT2D eigenvalue weighted by molar-refractivity contribution is 7.11. The third-order valence-electron chi connectivity index (χ3n) is 2.68. The summed E-state index contributed by atoms with van der Waals surface area (Å²) in [5.41, 5.74) is 1.34. The number of aryl methyl sites for hydroxylation is 1. The van der Waals surface area contributed by atoms with Gasteiger partial charge in [-0.1, -0.05) is 30.3 Å². The Morgan fingerprint density at radius 2 is 1.88 bits per heavy atom. The maximum Gasteiger partial charge on any atom is 0.0305 e. The molecule has 0 aliphatic heterocycles. The first kappa shape index (κ1) is 11.4. The van der Waals surface area contributed by atoms with Gasteiger partial charge in [0, 0.05) is 22.3 Å². The molecule has 1 atom stereocenters. The SMILES string of the molecule is Cc1ccc(CN[C@@H](C)c2ccccc2)s1. The summed E-state index contributed by atoms with van der Waals surface area (Å²) >= 11 is 1.86. The summed E-state index contributed by atoms with van der Waals surface area (Å²) in [6, 6.07) is 15.3. The van der Waals surface area contributed by atoms with Crippen LogP contribution in [0.5, 0.6) is 0 Å². The second-order valence-corrected chi connectivity index (χ2v) is 5.40. The summed E-state index contributed by atoms with van der Waals surface area (Å²) in [6.45, 7) is 5.30. The molecule has 1 aromatic carbocycles. The fourth-order valence-corrected chi connectivity index (χ4v) is 2.53. The molecule has 0 bridgehead atoms. The molecular weight excluding hydrogens is 214 g/mol. The summed E-state index contributed by atoms with van der Waals surface area (Å²) in [5.74, 6) is 0. The predicted molar refractivity (Wildman–Crippen MR) is 70.8 cm³/mol. The summed E-state index contributed by atoms with van der Waals surface area (Å²) < 4.78 is 0. The Morgan fingerprint density at radius 3 is 2.50 bits per heavy atom. The number of hydrogen-bond acceptors (Lipinski definition) is 2. The van der Waals surface area contributed by atoms with Crippen molar-refractivity contribution in [1.82, 2.24) is 5.32 Å². The van der Waals surface area contributed by atoms with Crippen molar-refractivity contribution in [2.45, 2.75) is 26.4 Å². The van der Waals surface area contributed by atoms with Crippen LogP contribution in [0.2, 0.25) is 0 Å². The fourth-order valence-electron chi connectivity index (χ4n) is 1.69. The number of benzene rings is 1. The van der Waals surface area contributed by atoms with Gasteiger partial charge in [-0.15, -0.1) is 11.3 Å². The molecule has 1 heterocycles. The van der Waals surface area contributed by atoms with Gasteiger partial charge in [-0.3, -0.25) is 0 Å². The predicted octanol–water partition coefficient (Wildman–Crippen LogP) is 3.91. The standard InChI is InChI=1S/C14H17NS/c1-11-8-9-14(16-11)10-15-12(2)13-6-4-3-5-7-13/h3-9,12,15H,10H2,1-2H3/t12-/m0/s1. The van der Waals surface area contributed by atoms with E-state index in [0.29, 0.717) is 6.04 Å². The van der Waals surface area contributed by atoms with E-state index in [0.717, 1.165) is 6.54 Å². The normalized spacial score (nSPS) is 12.6. The number of rotatable bonds is 4. The smallest absolute Gasteiger partial charge is 0.0305 e. The molecule has 2 aromatic rings. The zero-order valence-electron chi connectivity index (χ0n) is 9.73. The van der Waals surface area contributed by atoms with Gasteiger partial charge in [0.15, 0.2) is 0 Å². The Hall–Kier alpha value is -1.12. The quantitative estimate of drug-likeness (QED) is 0.841. The van der Waals surface area contributed by atoms with Crippen LogP contribution in [0.25, 0.3) is 0 Å². The van der Waals surface area contributed by atoms with Crippen LogP contribution < -0.4 is 5.32 Å². The van der Waals surface area contributed by atoms with Gasteiger partial charge in [0.05, 0.1) is 0 Å². The van der Waals surface area contributed by atoms with Crippen LogP contribution in [-0.4, -0.2) is 0 Å². The van der Waals surface area contributed by atoms with Crippen LogP contribution in [0.4, 0.5) is 0 Å². The Kier molecular flexibility index (Phi) is 3.75. The van der Waals surface area contributed by atoms with Crippen molar-refractivity contribution in [2.24, 2.45) is 0 Å². The topological polar surface area (TPSA) is 12.0 Å². The molecular formula is C14H17NS. The largest absolute Gasteiger partial charge is 0.305 e. The summed E-state index contributed by atoms with van der Waals surface area (Å²) in [5, 5.41) is 3.54. The lowest BCUT2D eigenvalue weighted by atomic mass is 10.1. The molecule has 84 valence electrons. The monoisotopic (exact) mass is 231 g/mol. The molecule has 16 heavy (non-hydrogen) atoms. The molecule has 1 nitrogen and oxygen atoms in total. The van der Waals surface area contributed by atoms with Crippen LogP contribution in [0.3, 0.4) is 0 Å². The van der Waals surface area contributed by atoms with Crippen molar-refractivity contribution in [1.29, 1.82) is 0 Å². The van der Waals surface area contributed by atoms with Gasteiger partial charge in [0.25, 0.3) is 0 Å². The average Bonchev–Trinajstić information content (AvgIpc) is 2.73. The Labute approximate surface area is 101 Å². The van der Waals surface area contributed by atoms with Gasteiger partial charge >= 0.3 is 0 Å². The minimum Gasteiger partial charge on any atom is -0.305 e. The van der Waals surface area contributed by atoms with Crippen LogP contribution in [0, 0.1) is 6.92 Å². The number of thiophene rings is 1. The second kappa shape index (κ2) is 5.28. The number of nitrogens with one attached hydrogen (secondary N) is 1. The molecule has 1 N–H and O–H groups in total. The summed E-state index contributed by atoms with van der Waals surface area (Å²) in [7, 11) is 0. The lowest BCUT2D eigenvalue weighted by molar-refractivity contribution is 0.579. The van der Waals surface area contributed by atoms with Gasteiger partial charge in [-0.05, 0) is 31.5 Å². The second-order valence-electron chi connectivity index (χ2n) is 4.03. The van der Waals surface area contributed by atoms with Gasteiger partial charge < -0.3 is 5.32 Å². The van der Waals surface area contributed by atoms with E-state index in [-0.39, 0.29) is 0 Å². The van der Waals surface area contributed by atoms with E-state index in [4.69, 9.17) is 0 Å². The van der Waals surface area contributed by atoms with E-state index in [1.807, 2.05) is 11.3 Å². The lowest BCUT2D eigenvalue weighted by Gasteiger charge is -2.13. The Bertz CT molecular complexity index is 433. The van der Waals surface area contributed by atoms with E-state index in [1.54, 1.807) is 0 Å². The molecule has 0 radical (unpaired) electrons. The lowest BCUT2D eigenvalue weighted by Crippen LogP contribution is -2.17. The van der Waals surface area contributed by atoms with Crippen molar-refractivity contribution in [3.63, 3.8) is 0 Å². The molecule has 0 amide bonds. The van der Waals surface area contributed by atoms with Crippen molar-refractivity contribution in [3.8, 4) is 0 Å². The molecule has 1 aromatic heterocycles. The Morgan fingerprint density at radius 1 is 1.12 bits per heavy atom. The van der Waals surface area contributed by atoms with Gasteiger partial charge in [-0.2, -0.15) is 0 Å². The van der Waals surface area contributed by atoms with E-state index in [2.05, 4.69) is 61.6 Å². The van der Waals surface area contributed by atoms with Gasteiger partial charge in [-0.25, -0.2) is 0 Å². The third kappa shape index (κ3) is 2.94. The maximum absolute atomic E-state index is 3.54. The molecule has 2 rings (SSSR count). The van der Waals surface area contributed by atoms with Crippen LogP contribution >= 0.6 is 11.3 Å². The van der Waals surface area contributed by atoms with Crippen LogP contribution in [-0.2, 0) is 6.54 Å². The Balaban J connectivity index is 1.91. The molecule has 0 saturated carbocycles. The average molecular weight is 231 g/mol. The third-order valence-corrected chi connectivity index (χ3v) is 3.68. The van der Waals surface area contributed by atoms with Gasteiger partial charge in [0.2, 0.25) is 0 Å². The van der Waals surface area contributed by atoms with E-state index in [1.165, 1.54) is 15.3 Å². The van der Waals surface area contributed by atoms with Crippen molar-refractivity contribution in [2.75, 3.05) is 0 Å². The van der Waals surface area contributed by atoms with Gasteiger partial charge in [0.1, 0.15) is 0 Å². The minimum absolute atomic E-state index is 0.406. The molecule has 0 unspecified atom stereocenters. The van der Waals surface area contributed by atoms with Crippen molar-refractivity contribution >= 4 is 11.3 Å². The number of hydrogen-bond donors (Lipinski definition) is 1. The van der Waals surface area contributed by atoms with E-state index in [9.17, 15) is 0 Å². The first-order chi connectivity index (χ1) is 7.75. The van der Waals surface area contributed by atoms with Crippen LogP contribution in [0.15, 0.2) is 42.5 Å². The molecule has 2 heteroatoms. The highest BCUT2D eigenvalue weighted by atomic mass is 32.1.